The number of likely N-dealkylation sites (tertiary alicyclic amines) is 1. The number of aromatic nitrogens is 2. The second kappa shape index (κ2) is 5.70. The van der Waals surface area contributed by atoms with Crippen molar-refractivity contribution >= 4 is 17.5 Å². The summed E-state index contributed by atoms with van der Waals surface area (Å²) < 4.78 is 0. The Kier molecular flexibility index (Phi) is 3.52. The third-order valence-corrected chi connectivity index (χ3v) is 5.06. The number of hydrogen-bond donors (Lipinski definition) is 1. The van der Waals surface area contributed by atoms with Crippen molar-refractivity contribution < 1.29 is 9.59 Å². The van der Waals surface area contributed by atoms with E-state index in [0.717, 1.165) is 18.5 Å². The van der Waals surface area contributed by atoms with Gasteiger partial charge in [0, 0.05) is 43.0 Å². The van der Waals surface area contributed by atoms with Gasteiger partial charge in [-0.05, 0) is 24.5 Å². The molecule has 2 aliphatic heterocycles. The molecule has 3 heterocycles. The molecule has 0 radical (unpaired) electrons. The van der Waals surface area contributed by atoms with Crippen LogP contribution in [0.5, 0.6) is 0 Å². The van der Waals surface area contributed by atoms with Crippen LogP contribution in [0.25, 0.3) is 0 Å². The zero-order valence-electron chi connectivity index (χ0n) is 13.2. The van der Waals surface area contributed by atoms with Gasteiger partial charge in [0.25, 0.3) is 5.91 Å². The first-order chi connectivity index (χ1) is 11.7. The van der Waals surface area contributed by atoms with Crippen LogP contribution in [0.2, 0.25) is 0 Å². The van der Waals surface area contributed by atoms with Gasteiger partial charge in [-0.1, -0.05) is 18.2 Å². The zero-order chi connectivity index (χ0) is 16.6. The maximum Gasteiger partial charge on any atom is 0.274 e. The second-order valence-corrected chi connectivity index (χ2v) is 6.43. The average molecular weight is 322 g/mol. The number of amides is 2. The van der Waals surface area contributed by atoms with Gasteiger partial charge in [0.05, 0.1) is 6.20 Å². The standard InChI is InChI=1S/C18H18N4O2/c23-16-11-18(13-3-1-2-4-14(13)21-16)5-9-22(10-6-18)17(24)15-12-19-7-8-20-15/h1-4,7-8,12H,5-6,9-11H2,(H,21,23). The van der Waals surface area contributed by atoms with Crippen LogP contribution in [0.1, 0.15) is 35.3 Å². The maximum absolute atomic E-state index is 12.5. The second-order valence-electron chi connectivity index (χ2n) is 6.43. The van der Waals surface area contributed by atoms with Gasteiger partial charge < -0.3 is 10.2 Å². The van der Waals surface area contributed by atoms with Gasteiger partial charge in [0.15, 0.2) is 0 Å². The van der Waals surface area contributed by atoms with Crippen molar-refractivity contribution in [3.63, 3.8) is 0 Å². The molecule has 0 saturated carbocycles. The predicted molar refractivity (Wildman–Crippen MR) is 88.5 cm³/mol. The smallest absolute Gasteiger partial charge is 0.274 e. The minimum absolute atomic E-state index is 0.0578. The van der Waals surface area contributed by atoms with Crippen LogP contribution in [0.15, 0.2) is 42.9 Å². The highest BCUT2D eigenvalue weighted by Crippen LogP contribution is 2.44. The number of carbonyl (C=O) groups excluding carboxylic acids is 2. The van der Waals surface area contributed by atoms with Gasteiger partial charge >= 0.3 is 0 Å². The van der Waals surface area contributed by atoms with Gasteiger partial charge in [0.1, 0.15) is 5.69 Å². The summed E-state index contributed by atoms with van der Waals surface area (Å²) in [5, 5.41) is 2.95. The first kappa shape index (κ1) is 14.8. The number of rotatable bonds is 1. The molecular weight excluding hydrogens is 304 g/mol. The summed E-state index contributed by atoms with van der Waals surface area (Å²) in [5.74, 6) is -0.0334. The monoisotopic (exact) mass is 322 g/mol. The zero-order valence-corrected chi connectivity index (χ0v) is 13.2. The van der Waals surface area contributed by atoms with E-state index in [9.17, 15) is 9.59 Å². The molecule has 1 fully saturated rings. The molecule has 2 aliphatic rings. The number of piperidine rings is 1. The Labute approximate surface area is 139 Å². The Bertz CT molecular complexity index is 783. The fourth-order valence-electron chi connectivity index (χ4n) is 3.81. The van der Waals surface area contributed by atoms with Crippen LogP contribution in [0.3, 0.4) is 0 Å². The minimum Gasteiger partial charge on any atom is -0.337 e. The van der Waals surface area contributed by atoms with Gasteiger partial charge in [-0.15, -0.1) is 0 Å². The number of para-hydroxylation sites is 1. The first-order valence-corrected chi connectivity index (χ1v) is 8.13. The highest BCUT2D eigenvalue weighted by Gasteiger charge is 2.43. The average Bonchev–Trinajstić information content (AvgIpc) is 2.62. The van der Waals surface area contributed by atoms with E-state index in [1.54, 1.807) is 6.20 Å². The predicted octanol–water partition coefficient (Wildman–Crippen LogP) is 1.99. The molecule has 24 heavy (non-hydrogen) atoms. The quantitative estimate of drug-likeness (QED) is 0.871. The van der Waals surface area contributed by atoms with Gasteiger partial charge in [-0.3, -0.25) is 14.6 Å². The largest absolute Gasteiger partial charge is 0.337 e. The third kappa shape index (κ3) is 2.44. The van der Waals surface area contributed by atoms with Crippen molar-refractivity contribution in [2.45, 2.75) is 24.7 Å². The van der Waals surface area contributed by atoms with E-state index in [4.69, 9.17) is 0 Å². The topological polar surface area (TPSA) is 75.2 Å². The molecule has 6 heteroatoms. The van der Waals surface area contributed by atoms with E-state index in [0.29, 0.717) is 25.2 Å². The normalized spacial score (nSPS) is 18.8. The molecule has 0 aliphatic carbocycles. The summed E-state index contributed by atoms with van der Waals surface area (Å²) in [6.45, 7) is 1.24. The molecule has 2 aromatic rings. The lowest BCUT2D eigenvalue weighted by Crippen LogP contribution is -2.48. The van der Waals surface area contributed by atoms with Crippen LogP contribution < -0.4 is 5.32 Å². The molecule has 1 spiro atoms. The Morgan fingerprint density at radius 2 is 1.96 bits per heavy atom. The van der Waals surface area contributed by atoms with Crippen LogP contribution in [-0.2, 0) is 10.2 Å². The summed E-state index contributed by atoms with van der Waals surface area (Å²) in [6.07, 6.45) is 6.63. The number of fused-ring (bicyclic) bond motifs is 2. The Morgan fingerprint density at radius 1 is 1.17 bits per heavy atom. The Morgan fingerprint density at radius 3 is 2.71 bits per heavy atom. The highest BCUT2D eigenvalue weighted by molar-refractivity contribution is 5.96. The van der Waals surface area contributed by atoms with Crippen LogP contribution >= 0.6 is 0 Å². The van der Waals surface area contributed by atoms with E-state index in [1.807, 2.05) is 23.1 Å². The van der Waals surface area contributed by atoms with Crippen molar-refractivity contribution in [1.29, 1.82) is 0 Å². The summed E-state index contributed by atoms with van der Waals surface area (Å²) in [4.78, 5) is 34.5. The molecule has 1 aromatic heterocycles. The molecule has 122 valence electrons. The fraction of sp³-hybridized carbons (Fsp3) is 0.333. The first-order valence-electron chi connectivity index (χ1n) is 8.13. The minimum atomic E-state index is -0.169. The summed E-state index contributed by atoms with van der Waals surface area (Å²) in [5.41, 5.74) is 2.30. The molecule has 1 N–H and O–H groups in total. The van der Waals surface area contributed by atoms with Crippen LogP contribution in [-0.4, -0.2) is 39.8 Å². The van der Waals surface area contributed by atoms with E-state index < -0.39 is 0 Å². The fourth-order valence-corrected chi connectivity index (χ4v) is 3.81. The number of nitrogens with zero attached hydrogens (tertiary/aromatic N) is 3. The SMILES string of the molecule is O=C1CC2(CCN(C(=O)c3cnccn3)CC2)c2ccccc2N1. The number of nitrogens with one attached hydrogen (secondary N) is 1. The van der Waals surface area contributed by atoms with Crippen molar-refractivity contribution in [2.75, 3.05) is 18.4 Å². The molecular formula is C18H18N4O2. The Balaban J connectivity index is 1.56. The molecule has 1 saturated heterocycles. The van der Waals surface area contributed by atoms with Crippen molar-refractivity contribution in [2.24, 2.45) is 0 Å². The molecule has 1 aromatic carbocycles. The highest BCUT2D eigenvalue weighted by atomic mass is 16.2. The van der Waals surface area contributed by atoms with E-state index in [-0.39, 0.29) is 17.2 Å². The van der Waals surface area contributed by atoms with Crippen molar-refractivity contribution in [3.8, 4) is 0 Å². The van der Waals surface area contributed by atoms with Crippen molar-refractivity contribution in [3.05, 3.63) is 54.1 Å². The lowest BCUT2D eigenvalue weighted by atomic mass is 9.68. The molecule has 4 rings (SSSR count). The molecule has 2 amide bonds. The van der Waals surface area contributed by atoms with E-state index in [1.165, 1.54) is 18.0 Å². The summed E-state index contributed by atoms with van der Waals surface area (Å²) >= 11 is 0. The number of anilines is 1. The number of benzene rings is 1. The lowest BCUT2D eigenvalue weighted by Gasteiger charge is -2.44. The van der Waals surface area contributed by atoms with Crippen LogP contribution in [0, 0.1) is 0 Å². The van der Waals surface area contributed by atoms with E-state index >= 15 is 0 Å². The molecule has 0 bridgehead atoms. The van der Waals surface area contributed by atoms with Gasteiger partial charge in [0.2, 0.25) is 5.91 Å². The summed E-state index contributed by atoms with van der Waals surface area (Å²) in [7, 11) is 0. The van der Waals surface area contributed by atoms with E-state index in [2.05, 4.69) is 21.4 Å². The molecule has 6 nitrogen and oxygen atoms in total. The molecule has 0 unspecified atom stereocenters. The lowest BCUT2D eigenvalue weighted by molar-refractivity contribution is -0.118. The number of hydrogen-bond acceptors (Lipinski definition) is 4. The Hall–Kier alpha value is -2.76. The maximum atomic E-state index is 12.5. The van der Waals surface area contributed by atoms with Crippen LogP contribution in [0.4, 0.5) is 5.69 Å². The van der Waals surface area contributed by atoms with Crippen molar-refractivity contribution in [1.82, 2.24) is 14.9 Å². The van der Waals surface area contributed by atoms with Gasteiger partial charge in [-0.2, -0.15) is 0 Å². The summed E-state index contributed by atoms with van der Waals surface area (Å²) in [6, 6.07) is 7.99. The number of carbonyl (C=O) groups is 2. The van der Waals surface area contributed by atoms with Gasteiger partial charge in [-0.25, -0.2) is 4.98 Å². The molecule has 0 atom stereocenters. The third-order valence-electron chi connectivity index (χ3n) is 5.06.